The van der Waals surface area contributed by atoms with Crippen molar-refractivity contribution in [3.63, 3.8) is 0 Å². The molecule has 1 unspecified atom stereocenters. The number of aliphatic hydroxyl groups is 1. The monoisotopic (exact) mass is 296 g/mol. The fraction of sp³-hybridized carbons (Fsp3) is 0.545. The molecule has 0 spiro atoms. The first-order valence-corrected chi connectivity index (χ1v) is 6.46. The molecular weight excluding hydrogens is 282 g/mol. The Balaban J connectivity index is 2.97. The summed E-state index contributed by atoms with van der Waals surface area (Å²) in [7, 11) is 0. The van der Waals surface area contributed by atoms with Crippen LogP contribution in [0.25, 0.3) is 0 Å². The second kappa shape index (κ2) is 6.10. The molecule has 96 valence electrons. The van der Waals surface area contributed by atoms with Gasteiger partial charge in [-0.3, -0.25) is 0 Å². The predicted molar refractivity (Wildman–Crippen MR) is 73.3 cm³/mol. The van der Waals surface area contributed by atoms with Gasteiger partial charge in [0.05, 0.1) is 10.0 Å². The third-order valence-corrected chi connectivity index (χ3v) is 3.71. The van der Waals surface area contributed by atoms with Crippen LogP contribution in [0.3, 0.4) is 0 Å². The van der Waals surface area contributed by atoms with E-state index >= 15 is 0 Å². The molecule has 6 heteroatoms. The lowest BCUT2D eigenvalue weighted by Crippen LogP contribution is -2.35. The van der Waals surface area contributed by atoms with Gasteiger partial charge in [-0.25, -0.2) is 4.98 Å². The zero-order valence-corrected chi connectivity index (χ0v) is 12.0. The smallest absolute Gasteiger partial charge is 0.150 e. The fourth-order valence-corrected chi connectivity index (χ4v) is 1.94. The Bertz CT molecular complexity index is 401. The number of anilines is 1. The van der Waals surface area contributed by atoms with Crippen LogP contribution in [0.5, 0.6) is 0 Å². The Morgan fingerprint density at radius 2 is 2.00 bits per heavy atom. The number of halogens is 3. The lowest BCUT2D eigenvalue weighted by molar-refractivity contribution is 0.252. The molecule has 0 aromatic carbocycles. The summed E-state index contributed by atoms with van der Waals surface area (Å²) in [5.41, 5.74) is -0.275. The molecule has 0 amide bonds. The van der Waals surface area contributed by atoms with Crippen molar-refractivity contribution >= 4 is 40.6 Å². The van der Waals surface area contributed by atoms with E-state index in [9.17, 15) is 0 Å². The normalized spacial score (nSPS) is 14.5. The van der Waals surface area contributed by atoms with E-state index in [4.69, 9.17) is 39.9 Å². The first kappa shape index (κ1) is 14.8. The predicted octanol–water partition coefficient (Wildman–Crippen LogP) is 4.00. The topological polar surface area (TPSA) is 45.1 Å². The molecule has 2 N–H and O–H groups in total. The van der Waals surface area contributed by atoms with E-state index in [1.54, 1.807) is 6.07 Å². The van der Waals surface area contributed by atoms with Gasteiger partial charge < -0.3 is 10.4 Å². The van der Waals surface area contributed by atoms with Crippen molar-refractivity contribution in [1.82, 2.24) is 4.98 Å². The molecule has 0 radical (unpaired) electrons. The standard InChI is InChI=1S/C11H15Cl3N2O/c1-3-11(2,4-5-17)16-10-8(13)6-7(12)9(14)15-10/h6,17H,3-5H2,1-2H3,(H,15,16). The lowest BCUT2D eigenvalue weighted by atomic mass is 9.95. The summed E-state index contributed by atoms with van der Waals surface area (Å²) in [5.74, 6) is 0.485. The van der Waals surface area contributed by atoms with E-state index in [-0.39, 0.29) is 17.3 Å². The van der Waals surface area contributed by atoms with Crippen molar-refractivity contribution in [2.24, 2.45) is 0 Å². The molecule has 1 atom stereocenters. The maximum Gasteiger partial charge on any atom is 0.150 e. The number of hydrogen-bond donors (Lipinski definition) is 2. The highest BCUT2D eigenvalue weighted by Crippen LogP contribution is 2.31. The first-order chi connectivity index (χ1) is 7.91. The minimum Gasteiger partial charge on any atom is -0.396 e. The van der Waals surface area contributed by atoms with Crippen molar-refractivity contribution in [3.05, 3.63) is 21.3 Å². The number of hydrogen-bond acceptors (Lipinski definition) is 3. The van der Waals surface area contributed by atoms with Crippen LogP contribution in [0, 0.1) is 0 Å². The average molecular weight is 298 g/mol. The summed E-state index contributed by atoms with van der Waals surface area (Å²) in [4.78, 5) is 4.10. The molecule has 0 aliphatic carbocycles. The maximum atomic E-state index is 9.04. The summed E-state index contributed by atoms with van der Waals surface area (Å²) in [6.07, 6.45) is 1.42. The minimum absolute atomic E-state index is 0.0935. The Morgan fingerprint density at radius 1 is 1.35 bits per heavy atom. The lowest BCUT2D eigenvalue weighted by Gasteiger charge is -2.30. The van der Waals surface area contributed by atoms with Crippen LogP contribution in [-0.2, 0) is 0 Å². The molecule has 0 aliphatic rings. The summed E-state index contributed by atoms with van der Waals surface area (Å²) >= 11 is 17.7. The van der Waals surface area contributed by atoms with Crippen LogP contribution in [0.2, 0.25) is 15.2 Å². The third kappa shape index (κ3) is 3.88. The van der Waals surface area contributed by atoms with E-state index in [0.717, 1.165) is 6.42 Å². The Kier molecular flexibility index (Phi) is 5.32. The average Bonchev–Trinajstić information content (AvgIpc) is 2.26. The fourth-order valence-electron chi connectivity index (χ4n) is 1.39. The number of pyridine rings is 1. The van der Waals surface area contributed by atoms with Crippen molar-refractivity contribution < 1.29 is 5.11 Å². The van der Waals surface area contributed by atoms with E-state index < -0.39 is 0 Å². The zero-order valence-electron chi connectivity index (χ0n) is 9.73. The number of aromatic nitrogens is 1. The molecule has 0 saturated heterocycles. The quantitative estimate of drug-likeness (QED) is 0.807. The molecular formula is C11H15Cl3N2O. The van der Waals surface area contributed by atoms with Gasteiger partial charge in [0.15, 0.2) is 0 Å². The third-order valence-electron chi connectivity index (χ3n) is 2.75. The van der Waals surface area contributed by atoms with Gasteiger partial charge in [0.1, 0.15) is 11.0 Å². The highest BCUT2D eigenvalue weighted by atomic mass is 35.5. The van der Waals surface area contributed by atoms with Gasteiger partial charge in [0.2, 0.25) is 0 Å². The van der Waals surface area contributed by atoms with E-state index in [1.165, 1.54) is 0 Å². The van der Waals surface area contributed by atoms with Crippen LogP contribution in [0.15, 0.2) is 6.07 Å². The summed E-state index contributed by atoms with van der Waals surface area (Å²) in [6, 6.07) is 1.55. The highest BCUT2D eigenvalue weighted by molar-refractivity contribution is 6.42. The first-order valence-electron chi connectivity index (χ1n) is 5.32. The van der Waals surface area contributed by atoms with Gasteiger partial charge in [-0.15, -0.1) is 0 Å². The van der Waals surface area contributed by atoms with Gasteiger partial charge >= 0.3 is 0 Å². The van der Waals surface area contributed by atoms with Gasteiger partial charge in [0.25, 0.3) is 0 Å². The molecule has 0 fully saturated rings. The van der Waals surface area contributed by atoms with Crippen molar-refractivity contribution in [1.29, 1.82) is 0 Å². The Morgan fingerprint density at radius 3 is 2.53 bits per heavy atom. The molecule has 1 heterocycles. The van der Waals surface area contributed by atoms with E-state index in [0.29, 0.717) is 22.3 Å². The van der Waals surface area contributed by atoms with E-state index in [2.05, 4.69) is 10.3 Å². The van der Waals surface area contributed by atoms with Crippen LogP contribution >= 0.6 is 34.8 Å². The molecule has 1 aromatic heterocycles. The molecule has 0 saturated carbocycles. The Labute approximate surface area is 116 Å². The molecule has 0 aliphatic heterocycles. The van der Waals surface area contributed by atoms with Crippen LogP contribution < -0.4 is 5.32 Å². The van der Waals surface area contributed by atoms with Crippen LogP contribution in [0.1, 0.15) is 26.7 Å². The molecule has 0 bridgehead atoms. The summed E-state index contributed by atoms with van der Waals surface area (Å²) < 4.78 is 0. The molecule has 1 rings (SSSR count). The van der Waals surface area contributed by atoms with Crippen LogP contribution in [0.4, 0.5) is 5.82 Å². The summed E-state index contributed by atoms with van der Waals surface area (Å²) in [6.45, 7) is 4.11. The number of rotatable bonds is 5. The van der Waals surface area contributed by atoms with Gasteiger partial charge in [-0.05, 0) is 25.8 Å². The minimum atomic E-state index is -0.275. The zero-order chi connectivity index (χ0) is 13.1. The maximum absolute atomic E-state index is 9.04. The van der Waals surface area contributed by atoms with Gasteiger partial charge in [-0.2, -0.15) is 0 Å². The second-order valence-electron chi connectivity index (χ2n) is 4.10. The summed E-state index contributed by atoms with van der Waals surface area (Å²) in [5, 5.41) is 13.2. The van der Waals surface area contributed by atoms with Crippen molar-refractivity contribution in [2.75, 3.05) is 11.9 Å². The van der Waals surface area contributed by atoms with Crippen molar-refractivity contribution in [3.8, 4) is 0 Å². The Hall–Kier alpha value is -0.220. The second-order valence-corrected chi connectivity index (χ2v) is 5.28. The van der Waals surface area contributed by atoms with Crippen LogP contribution in [-0.4, -0.2) is 22.2 Å². The van der Waals surface area contributed by atoms with Gasteiger partial charge in [0, 0.05) is 12.1 Å². The molecule has 17 heavy (non-hydrogen) atoms. The number of nitrogens with zero attached hydrogens (tertiary/aromatic N) is 1. The van der Waals surface area contributed by atoms with Gasteiger partial charge in [-0.1, -0.05) is 41.7 Å². The number of aliphatic hydroxyl groups excluding tert-OH is 1. The number of nitrogens with one attached hydrogen (secondary N) is 1. The van der Waals surface area contributed by atoms with E-state index in [1.807, 2.05) is 13.8 Å². The highest BCUT2D eigenvalue weighted by Gasteiger charge is 2.23. The SMILES string of the molecule is CCC(C)(CCO)Nc1nc(Cl)c(Cl)cc1Cl. The van der Waals surface area contributed by atoms with Crippen molar-refractivity contribution in [2.45, 2.75) is 32.2 Å². The molecule has 3 nitrogen and oxygen atoms in total. The largest absolute Gasteiger partial charge is 0.396 e. The molecule has 1 aromatic rings.